The van der Waals surface area contributed by atoms with Crippen LogP contribution in [0.4, 0.5) is 13.2 Å². The van der Waals surface area contributed by atoms with Crippen molar-refractivity contribution in [2.24, 2.45) is 5.73 Å². The molecule has 1 atom stereocenters. The summed E-state index contributed by atoms with van der Waals surface area (Å²) in [5.74, 6) is 0. The molecule has 0 saturated heterocycles. The molecule has 0 saturated carbocycles. The largest absolute Gasteiger partial charge is 0.390 e. The fourth-order valence-electron chi connectivity index (χ4n) is 1.62. The molecule has 18 heavy (non-hydrogen) atoms. The molecule has 5 heteroatoms. The Morgan fingerprint density at radius 2 is 1.83 bits per heavy atom. The van der Waals surface area contributed by atoms with Crippen molar-refractivity contribution in [1.82, 2.24) is 5.32 Å². The molecule has 0 spiro atoms. The lowest BCUT2D eigenvalue weighted by Gasteiger charge is -2.13. The lowest BCUT2D eigenvalue weighted by Crippen LogP contribution is -2.35. The van der Waals surface area contributed by atoms with Crippen LogP contribution in [0.5, 0.6) is 0 Å². The van der Waals surface area contributed by atoms with Crippen molar-refractivity contribution in [1.29, 1.82) is 0 Å². The normalized spacial score (nSPS) is 13.6. The van der Waals surface area contributed by atoms with Crippen molar-refractivity contribution in [3.63, 3.8) is 0 Å². The summed E-state index contributed by atoms with van der Waals surface area (Å²) in [5.41, 5.74) is 7.03. The Bertz CT molecular complexity index is 325. The van der Waals surface area contributed by atoms with Gasteiger partial charge >= 0.3 is 6.18 Å². The van der Waals surface area contributed by atoms with E-state index in [1.165, 1.54) is 5.56 Å². The van der Waals surface area contributed by atoms with E-state index in [0.717, 1.165) is 12.8 Å². The summed E-state index contributed by atoms with van der Waals surface area (Å²) in [4.78, 5) is 0. The van der Waals surface area contributed by atoms with Gasteiger partial charge in [-0.3, -0.25) is 0 Å². The van der Waals surface area contributed by atoms with Crippen molar-refractivity contribution in [3.8, 4) is 0 Å². The minimum Gasteiger partial charge on any atom is -0.327 e. The Labute approximate surface area is 105 Å². The maximum atomic E-state index is 11.9. The molecule has 0 amide bonds. The number of aryl methyl sites for hydroxylation is 1. The van der Waals surface area contributed by atoms with Gasteiger partial charge < -0.3 is 11.1 Å². The Morgan fingerprint density at radius 3 is 2.44 bits per heavy atom. The minimum atomic E-state index is -4.10. The number of rotatable bonds is 7. The van der Waals surface area contributed by atoms with Gasteiger partial charge in [0.25, 0.3) is 0 Å². The monoisotopic (exact) mass is 260 g/mol. The molecule has 1 rings (SSSR count). The number of benzene rings is 1. The van der Waals surface area contributed by atoms with Crippen LogP contribution in [-0.2, 0) is 6.42 Å². The summed E-state index contributed by atoms with van der Waals surface area (Å²) >= 11 is 0. The van der Waals surface area contributed by atoms with Gasteiger partial charge in [-0.2, -0.15) is 13.2 Å². The summed E-state index contributed by atoms with van der Waals surface area (Å²) < 4.78 is 35.6. The molecule has 3 N–H and O–H groups in total. The molecule has 2 nitrogen and oxygen atoms in total. The molecule has 0 heterocycles. The van der Waals surface area contributed by atoms with Gasteiger partial charge in [0.05, 0.1) is 6.42 Å². The maximum absolute atomic E-state index is 11.9. The van der Waals surface area contributed by atoms with Crippen molar-refractivity contribution in [2.45, 2.75) is 31.5 Å². The first kappa shape index (κ1) is 15.0. The predicted octanol–water partition coefficient (Wildman–Crippen LogP) is 2.49. The van der Waals surface area contributed by atoms with Gasteiger partial charge in [0.15, 0.2) is 0 Å². The second-order valence-corrected chi connectivity index (χ2v) is 4.35. The predicted molar refractivity (Wildman–Crippen MR) is 66.3 cm³/mol. The van der Waals surface area contributed by atoms with Crippen LogP contribution in [0, 0.1) is 0 Å². The third-order valence-electron chi connectivity index (χ3n) is 2.64. The van der Waals surface area contributed by atoms with E-state index in [1.807, 2.05) is 30.3 Å². The molecular formula is C13H19F3N2. The van der Waals surface area contributed by atoms with E-state index < -0.39 is 12.6 Å². The number of hydrogen-bond donors (Lipinski definition) is 2. The minimum absolute atomic E-state index is 0.0669. The second kappa shape index (κ2) is 7.38. The first-order valence-corrected chi connectivity index (χ1v) is 6.04. The number of nitrogens with two attached hydrogens (primary N) is 1. The third-order valence-corrected chi connectivity index (χ3v) is 2.64. The maximum Gasteiger partial charge on any atom is 0.390 e. The van der Waals surface area contributed by atoms with Crippen LogP contribution in [0.2, 0.25) is 0 Å². The smallest absolute Gasteiger partial charge is 0.327 e. The summed E-state index contributed by atoms with van der Waals surface area (Å²) in [6.45, 7) is 0.353. The van der Waals surface area contributed by atoms with E-state index in [0.29, 0.717) is 6.54 Å². The second-order valence-electron chi connectivity index (χ2n) is 4.35. The third kappa shape index (κ3) is 7.29. The van der Waals surface area contributed by atoms with Gasteiger partial charge in [0.2, 0.25) is 0 Å². The van der Waals surface area contributed by atoms with Crippen LogP contribution in [0.3, 0.4) is 0 Å². The van der Waals surface area contributed by atoms with Gasteiger partial charge in [-0.05, 0) is 18.4 Å². The van der Waals surface area contributed by atoms with Crippen LogP contribution in [0.25, 0.3) is 0 Å². The topological polar surface area (TPSA) is 38.0 Å². The average molecular weight is 260 g/mol. The van der Waals surface area contributed by atoms with Crippen molar-refractivity contribution >= 4 is 0 Å². The molecular weight excluding hydrogens is 241 g/mol. The number of hydrogen-bond acceptors (Lipinski definition) is 2. The van der Waals surface area contributed by atoms with Gasteiger partial charge in [-0.25, -0.2) is 0 Å². The zero-order valence-electron chi connectivity index (χ0n) is 10.2. The van der Waals surface area contributed by atoms with E-state index in [1.54, 1.807) is 0 Å². The highest BCUT2D eigenvalue weighted by atomic mass is 19.4. The van der Waals surface area contributed by atoms with Crippen LogP contribution in [0.15, 0.2) is 30.3 Å². The zero-order valence-corrected chi connectivity index (χ0v) is 10.2. The number of nitrogens with one attached hydrogen (secondary N) is 1. The summed E-state index contributed by atoms with van der Waals surface area (Å²) in [6.07, 6.45) is -3.29. The Morgan fingerprint density at radius 1 is 1.17 bits per heavy atom. The van der Waals surface area contributed by atoms with Gasteiger partial charge in [-0.15, -0.1) is 0 Å². The standard InChI is InChI=1S/C13H19F3N2/c14-13(15,16)8-9-18-10-12(17)7-6-11-4-2-1-3-5-11/h1-5,12,18H,6-10,17H2. The molecule has 1 aromatic carbocycles. The molecule has 102 valence electrons. The number of alkyl halides is 3. The summed E-state index contributed by atoms with van der Waals surface area (Å²) in [6, 6.07) is 9.79. The van der Waals surface area contributed by atoms with Gasteiger partial charge in [0, 0.05) is 19.1 Å². The van der Waals surface area contributed by atoms with Crippen molar-refractivity contribution in [2.75, 3.05) is 13.1 Å². The van der Waals surface area contributed by atoms with Crippen LogP contribution in [0.1, 0.15) is 18.4 Å². The van der Waals surface area contributed by atoms with Crippen molar-refractivity contribution in [3.05, 3.63) is 35.9 Å². The highest BCUT2D eigenvalue weighted by Crippen LogP contribution is 2.18. The molecule has 0 aliphatic heterocycles. The van der Waals surface area contributed by atoms with E-state index in [9.17, 15) is 13.2 Å². The lowest BCUT2D eigenvalue weighted by atomic mass is 10.1. The SMILES string of the molecule is NC(CCc1ccccc1)CNCCC(F)(F)F. The average Bonchev–Trinajstić information content (AvgIpc) is 2.32. The first-order valence-electron chi connectivity index (χ1n) is 6.04. The molecule has 0 aromatic heterocycles. The van der Waals surface area contributed by atoms with E-state index in [-0.39, 0.29) is 12.6 Å². The fraction of sp³-hybridized carbons (Fsp3) is 0.538. The molecule has 1 aromatic rings. The van der Waals surface area contributed by atoms with Crippen LogP contribution < -0.4 is 11.1 Å². The van der Waals surface area contributed by atoms with Crippen LogP contribution in [-0.4, -0.2) is 25.3 Å². The Kier molecular flexibility index (Phi) is 6.15. The summed E-state index contributed by atoms with van der Waals surface area (Å²) in [7, 11) is 0. The highest BCUT2D eigenvalue weighted by molar-refractivity contribution is 5.14. The van der Waals surface area contributed by atoms with Crippen molar-refractivity contribution < 1.29 is 13.2 Å². The Balaban J connectivity index is 2.09. The lowest BCUT2D eigenvalue weighted by molar-refractivity contribution is -0.133. The number of halogens is 3. The quantitative estimate of drug-likeness (QED) is 0.739. The molecule has 1 unspecified atom stereocenters. The van der Waals surface area contributed by atoms with Crippen LogP contribution >= 0.6 is 0 Å². The van der Waals surface area contributed by atoms with E-state index in [2.05, 4.69) is 5.32 Å². The van der Waals surface area contributed by atoms with Gasteiger partial charge in [0.1, 0.15) is 0 Å². The molecule has 0 fully saturated rings. The highest BCUT2D eigenvalue weighted by Gasteiger charge is 2.25. The first-order chi connectivity index (χ1) is 8.47. The Hall–Kier alpha value is -1.07. The molecule has 0 aliphatic rings. The summed E-state index contributed by atoms with van der Waals surface area (Å²) in [5, 5.41) is 2.73. The van der Waals surface area contributed by atoms with E-state index >= 15 is 0 Å². The fourth-order valence-corrected chi connectivity index (χ4v) is 1.62. The molecule has 0 aliphatic carbocycles. The van der Waals surface area contributed by atoms with E-state index in [4.69, 9.17) is 5.73 Å². The molecule has 0 radical (unpaired) electrons. The van der Waals surface area contributed by atoms with Gasteiger partial charge in [-0.1, -0.05) is 30.3 Å². The zero-order chi connectivity index (χ0) is 13.4. The molecule has 0 bridgehead atoms.